The molecule has 0 amide bonds. The van der Waals surface area contributed by atoms with E-state index in [2.05, 4.69) is 23.9 Å². The van der Waals surface area contributed by atoms with Gasteiger partial charge in [-0.1, -0.05) is 13.0 Å². The van der Waals surface area contributed by atoms with Crippen LogP contribution in [0.3, 0.4) is 0 Å². The Morgan fingerprint density at radius 1 is 1.50 bits per heavy atom. The van der Waals surface area contributed by atoms with Crippen LogP contribution in [0.1, 0.15) is 31.9 Å². The molecule has 0 aromatic carbocycles. The van der Waals surface area contributed by atoms with Gasteiger partial charge < -0.3 is 10.6 Å². The highest BCUT2D eigenvalue weighted by atomic mass is 15.2. The van der Waals surface area contributed by atoms with Crippen LogP contribution >= 0.6 is 0 Å². The van der Waals surface area contributed by atoms with E-state index >= 15 is 0 Å². The summed E-state index contributed by atoms with van der Waals surface area (Å²) in [6.45, 7) is 5.16. The van der Waals surface area contributed by atoms with Crippen LogP contribution in [0.5, 0.6) is 0 Å². The molecule has 0 saturated carbocycles. The predicted octanol–water partition coefficient (Wildman–Crippen LogP) is 1.95. The lowest BCUT2D eigenvalue weighted by atomic mass is 10.1. The highest BCUT2D eigenvalue weighted by molar-refractivity contribution is 5.38. The van der Waals surface area contributed by atoms with Crippen molar-refractivity contribution in [1.29, 1.82) is 0 Å². The number of rotatable bonds is 4. The molecular weight excluding hydrogens is 174 g/mol. The van der Waals surface area contributed by atoms with Gasteiger partial charge in [0.2, 0.25) is 0 Å². The Bertz CT molecular complexity index is 266. The summed E-state index contributed by atoms with van der Waals surface area (Å²) in [4.78, 5) is 6.51. The van der Waals surface area contributed by atoms with Crippen molar-refractivity contribution in [3.63, 3.8) is 0 Å². The SMILES string of the molecule is CCCN(C)c1ccc(C(C)N)cn1. The van der Waals surface area contributed by atoms with E-state index in [9.17, 15) is 0 Å². The molecule has 0 saturated heterocycles. The molecule has 0 aliphatic carbocycles. The molecule has 14 heavy (non-hydrogen) atoms. The molecular formula is C11H19N3. The maximum Gasteiger partial charge on any atom is 0.128 e. The zero-order chi connectivity index (χ0) is 10.6. The second-order valence-corrected chi connectivity index (χ2v) is 3.66. The summed E-state index contributed by atoms with van der Waals surface area (Å²) < 4.78 is 0. The summed E-state index contributed by atoms with van der Waals surface area (Å²) in [5.74, 6) is 1.01. The third-order valence-corrected chi connectivity index (χ3v) is 2.25. The Hall–Kier alpha value is -1.09. The monoisotopic (exact) mass is 193 g/mol. The van der Waals surface area contributed by atoms with Crippen LogP contribution in [0.25, 0.3) is 0 Å². The Balaban J connectivity index is 2.72. The summed E-state index contributed by atoms with van der Waals surface area (Å²) in [6.07, 6.45) is 2.99. The Morgan fingerprint density at radius 2 is 2.21 bits per heavy atom. The van der Waals surface area contributed by atoms with Crippen molar-refractivity contribution in [3.8, 4) is 0 Å². The summed E-state index contributed by atoms with van der Waals surface area (Å²) in [5, 5.41) is 0. The van der Waals surface area contributed by atoms with Gasteiger partial charge in [-0.05, 0) is 25.0 Å². The van der Waals surface area contributed by atoms with Gasteiger partial charge in [0.05, 0.1) is 0 Å². The van der Waals surface area contributed by atoms with Gasteiger partial charge in [-0.15, -0.1) is 0 Å². The topological polar surface area (TPSA) is 42.1 Å². The average Bonchev–Trinajstić information content (AvgIpc) is 2.18. The maximum absolute atomic E-state index is 5.74. The molecule has 1 aromatic rings. The smallest absolute Gasteiger partial charge is 0.128 e. The number of pyridine rings is 1. The van der Waals surface area contributed by atoms with Crippen LogP contribution in [0, 0.1) is 0 Å². The van der Waals surface area contributed by atoms with Crippen LogP contribution in [0.15, 0.2) is 18.3 Å². The van der Waals surface area contributed by atoms with E-state index in [1.54, 1.807) is 0 Å². The van der Waals surface area contributed by atoms with Crippen LogP contribution in [-0.4, -0.2) is 18.6 Å². The van der Waals surface area contributed by atoms with Crippen LogP contribution in [0.2, 0.25) is 0 Å². The van der Waals surface area contributed by atoms with E-state index in [4.69, 9.17) is 5.73 Å². The second kappa shape index (κ2) is 4.96. The lowest BCUT2D eigenvalue weighted by Gasteiger charge is -2.17. The van der Waals surface area contributed by atoms with Gasteiger partial charge in [-0.25, -0.2) is 4.98 Å². The maximum atomic E-state index is 5.74. The fourth-order valence-electron chi connectivity index (χ4n) is 1.34. The molecule has 3 nitrogen and oxygen atoms in total. The average molecular weight is 193 g/mol. The van der Waals surface area contributed by atoms with Gasteiger partial charge in [0, 0.05) is 25.8 Å². The third kappa shape index (κ3) is 2.70. The molecule has 1 aromatic heterocycles. The van der Waals surface area contributed by atoms with Gasteiger partial charge in [0.25, 0.3) is 0 Å². The quantitative estimate of drug-likeness (QED) is 0.794. The molecule has 1 atom stereocenters. The molecule has 1 rings (SSSR count). The van der Waals surface area contributed by atoms with E-state index in [1.807, 2.05) is 25.3 Å². The summed E-state index contributed by atoms with van der Waals surface area (Å²) >= 11 is 0. The molecule has 0 fully saturated rings. The van der Waals surface area contributed by atoms with Gasteiger partial charge in [-0.2, -0.15) is 0 Å². The fourth-order valence-corrected chi connectivity index (χ4v) is 1.34. The first-order valence-electron chi connectivity index (χ1n) is 5.07. The Kier molecular flexibility index (Phi) is 3.89. The Labute approximate surface area is 85.9 Å². The standard InChI is InChI=1S/C11H19N3/c1-4-7-14(3)11-6-5-10(8-13-11)9(2)12/h5-6,8-9H,4,7,12H2,1-3H3. The summed E-state index contributed by atoms with van der Waals surface area (Å²) in [5.41, 5.74) is 6.83. The molecule has 0 aliphatic heterocycles. The molecule has 1 heterocycles. The number of nitrogens with two attached hydrogens (primary N) is 1. The lowest BCUT2D eigenvalue weighted by Crippen LogP contribution is -2.19. The van der Waals surface area contributed by atoms with Crippen LogP contribution in [0.4, 0.5) is 5.82 Å². The van der Waals surface area contributed by atoms with Gasteiger partial charge in [0.1, 0.15) is 5.82 Å². The number of hydrogen-bond donors (Lipinski definition) is 1. The second-order valence-electron chi connectivity index (χ2n) is 3.66. The van der Waals surface area contributed by atoms with Crippen molar-refractivity contribution in [3.05, 3.63) is 23.9 Å². The van der Waals surface area contributed by atoms with E-state index < -0.39 is 0 Å². The first-order valence-corrected chi connectivity index (χ1v) is 5.07. The first-order chi connectivity index (χ1) is 6.65. The van der Waals surface area contributed by atoms with E-state index in [0.717, 1.165) is 24.3 Å². The van der Waals surface area contributed by atoms with Gasteiger partial charge in [0.15, 0.2) is 0 Å². The van der Waals surface area contributed by atoms with Crippen molar-refractivity contribution >= 4 is 5.82 Å². The van der Waals surface area contributed by atoms with Crippen LogP contribution in [-0.2, 0) is 0 Å². The fraction of sp³-hybridized carbons (Fsp3) is 0.545. The molecule has 3 heteroatoms. The van der Waals surface area contributed by atoms with Crippen molar-refractivity contribution < 1.29 is 0 Å². The minimum Gasteiger partial charge on any atom is -0.360 e. The van der Waals surface area contributed by atoms with E-state index in [0.29, 0.717) is 0 Å². The van der Waals surface area contributed by atoms with Crippen molar-refractivity contribution in [2.45, 2.75) is 26.3 Å². The molecule has 1 unspecified atom stereocenters. The molecule has 78 valence electrons. The van der Waals surface area contributed by atoms with Crippen molar-refractivity contribution in [1.82, 2.24) is 4.98 Å². The zero-order valence-electron chi connectivity index (χ0n) is 9.20. The Morgan fingerprint density at radius 3 is 2.64 bits per heavy atom. The molecule has 0 spiro atoms. The minimum atomic E-state index is 0.0630. The highest BCUT2D eigenvalue weighted by Crippen LogP contribution is 2.13. The molecule has 0 bridgehead atoms. The number of anilines is 1. The first kappa shape index (κ1) is 11.0. The van der Waals surface area contributed by atoms with Gasteiger partial charge in [-0.3, -0.25) is 0 Å². The minimum absolute atomic E-state index is 0.0630. The number of aromatic nitrogens is 1. The van der Waals surface area contributed by atoms with Crippen molar-refractivity contribution in [2.75, 3.05) is 18.5 Å². The molecule has 0 radical (unpaired) electrons. The zero-order valence-corrected chi connectivity index (χ0v) is 9.20. The van der Waals surface area contributed by atoms with Crippen molar-refractivity contribution in [2.24, 2.45) is 5.73 Å². The van der Waals surface area contributed by atoms with Gasteiger partial charge >= 0.3 is 0 Å². The van der Waals surface area contributed by atoms with E-state index in [-0.39, 0.29) is 6.04 Å². The van der Waals surface area contributed by atoms with Crippen LogP contribution < -0.4 is 10.6 Å². The molecule has 2 N–H and O–H groups in total. The number of nitrogens with zero attached hydrogens (tertiary/aromatic N) is 2. The number of hydrogen-bond acceptors (Lipinski definition) is 3. The van der Waals surface area contributed by atoms with E-state index in [1.165, 1.54) is 0 Å². The molecule has 0 aliphatic rings. The lowest BCUT2D eigenvalue weighted by molar-refractivity contribution is 0.802. The highest BCUT2D eigenvalue weighted by Gasteiger charge is 2.02. The normalized spacial score (nSPS) is 12.6. The third-order valence-electron chi connectivity index (χ3n) is 2.25. The predicted molar refractivity (Wildman–Crippen MR) is 60.4 cm³/mol. The largest absolute Gasteiger partial charge is 0.360 e. The summed E-state index contributed by atoms with van der Waals surface area (Å²) in [7, 11) is 2.05. The summed E-state index contributed by atoms with van der Waals surface area (Å²) in [6, 6.07) is 4.13.